The van der Waals surface area contributed by atoms with Gasteiger partial charge in [0.1, 0.15) is 5.75 Å². The van der Waals surface area contributed by atoms with Gasteiger partial charge in [-0.1, -0.05) is 19.1 Å². The minimum atomic E-state index is 0.314. The van der Waals surface area contributed by atoms with Gasteiger partial charge in [0.2, 0.25) is 0 Å². The first-order chi connectivity index (χ1) is 9.79. The molecular weight excluding hydrogens is 248 g/mol. The molecule has 0 aliphatic rings. The molecule has 3 nitrogen and oxygen atoms in total. The Morgan fingerprint density at radius 1 is 1.10 bits per heavy atom. The second kappa shape index (κ2) is 7.65. The largest absolute Gasteiger partial charge is 0.494 e. The van der Waals surface area contributed by atoms with Crippen LogP contribution in [0.15, 0.2) is 48.8 Å². The number of rotatable bonds is 7. The predicted molar refractivity (Wildman–Crippen MR) is 81.7 cm³/mol. The third-order valence-corrected chi connectivity index (χ3v) is 3.21. The first kappa shape index (κ1) is 14.5. The zero-order chi connectivity index (χ0) is 14.2. The van der Waals surface area contributed by atoms with Crippen molar-refractivity contribution in [3.05, 3.63) is 59.9 Å². The van der Waals surface area contributed by atoms with E-state index in [0.29, 0.717) is 6.04 Å². The van der Waals surface area contributed by atoms with Gasteiger partial charge in [-0.05, 0) is 48.7 Å². The van der Waals surface area contributed by atoms with Gasteiger partial charge in [0.05, 0.1) is 6.61 Å². The molecule has 0 aliphatic heterocycles. The van der Waals surface area contributed by atoms with E-state index in [9.17, 15) is 0 Å². The van der Waals surface area contributed by atoms with Crippen molar-refractivity contribution in [2.75, 3.05) is 6.61 Å². The van der Waals surface area contributed by atoms with Crippen LogP contribution in [0.2, 0.25) is 0 Å². The van der Waals surface area contributed by atoms with Gasteiger partial charge in [0.25, 0.3) is 0 Å². The summed E-state index contributed by atoms with van der Waals surface area (Å²) < 4.78 is 5.58. The van der Waals surface area contributed by atoms with E-state index >= 15 is 0 Å². The maximum absolute atomic E-state index is 5.58. The average Bonchev–Trinajstić information content (AvgIpc) is 2.52. The Morgan fingerprint density at radius 3 is 2.45 bits per heavy atom. The first-order valence-electron chi connectivity index (χ1n) is 7.14. The van der Waals surface area contributed by atoms with Crippen LogP contribution in [-0.2, 0) is 6.54 Å². The van der Waals surface area contributed by atoms with Gasteiger partial charge >= 0.3 is 0 Å². The summed E-state index contributed by atoms with van der Waals surface area (Å²) in [5.41, 5.74) is 2.51. The number of aromatic nitrogens is 1. The minimum absolute atomic E-state index is 0.314. The summed E-state index contributed by atoms with van der Waals surface area (Å²) in [7, 11) is 0. The number of benzene rings is 1. The lowest BCUT2D eigenvalue weighted by molar-refractivity contribution is 0.317. The van der Waals surface area contributed by atoms with E-state index in [1.165, 1.54) is 11.1 Å². The molecule has 3 heteroatoms. The molecule has 106 valence electrons. The highest BCUT2D eigenvalue weighted by molar-refractivity contribution is 5.27. The van der Waals surface area contributed by atoms with E-state index in [4.69, 9.17) is 4.74 Å². The van der Waals surface area contributed by atoms with Crippen LogP contribution in [0, 0.1) is 0 Å². The Hall–Kier alpha value is -1.87. The first-order valence-corrected chi connectivity index (χ1v) is 7.14. The van der Waals surface area contributed by atoms with Gasteiger partial charge in [-0.25, -0.2) is 0 Å². The van der Waals surface area contributed by atoms with Gasteiger partial charge in [0.15, 0.2) is 0 Å². The van der Waals surface area contributed by atoms with Crippen molar-refractivity contribution >= 4 is 0 Å². The number of ether oxygens (including phenoxy) is 1. The Morgan fingerprint density at radius 2 is 1.80 bits per heavy atom. The Balaban J connectivity index is 1.84. The summed E-state index contributed by atoms with van der Waals surface area (Å²) in [5, 5.41) is 3.51. The lowest BCUT2D eigenvalue weighted by Crippen LogP contribution is -2.18. The van der Waals surface area contributed by atoms with E-state index in [0.717, 1.165) is 25.3 Å². The van der Waals surface area contributed by atoms with E-state index in [1.807, 2.05) is 36.7 Å². The summed E-state index contributed by atoms with van der Waals surface area (Å²) >= 11 is 0. The normalized spacial score (nSPS) is 12.1. The van der Waals surface area contributed by atoms with E-state index in [-0.39, 0.29) is 0 Å². The molecule has 0 saturated carbocycles. The zero-order valence-electron chi connectivity index (χ0n) is 12.2. The minimum Gasteiger partial charge on any atom is -0.494 e. The SMILES string of the molecule is CCCOc1ccc(CN[C@@H](C)c2ccncc2)cc1. The summed E-state index contributed by atoms with van der Waals surface area (Å²) in [4.78, 5) is 4.04. The summed E-state index contributed by atoms with van der Waals surface area (Å²) in [5.74, 6) is 0.942. The highest BCUT2D eigenvalue weighted by Gasteiger charge is 2.04. The highest BCUT2D eigenvalue weighted by atomic mass is 16.5. The summed E-state index contributed by atoms with van der Waals surface area (Å²) in [6, 6.07) is 12.7. The number of hydrogen-bond donors (Lipinski definition) is 1. The number of nitrogens with one attached hydrogen (secondary N) is 1. The van der Waals surface area contributed by atoms with Crippen molar-refractivity contribution in [1.29, 1.82) is 0 Å². The second-order valence-corrected chi connectivity index (χ2v) is 4.88. The quantitative estimate of drug-likeness (QED) is 0.832. The van der Waals surface area contributed by atoms with Crippen LogP contribution in [0.4, 0.5) is 0 Å². The van der Waals surface area contributed by atoms with Crippen LogP contribution in [0.5, 0.6) is 5.75 Å². The van der Waals surface area contributed by atoms with Crippen LogP contribution in [0.3, 0.4) is 0 Å². The van der Waals surface area contributed by atoms with Crippen molar-refractivity contribution in [1.82, 2.24) is 10.3 Å². The van der Waals surface area contributed by atoms with Gasteiger partial charge in [-0.3, -0.25) is 4.98 Å². The van der Waals surface area contributed by atoms with Crippen molar-refractivity contribution in [2.45, 2.75) is 32.9 Å². The maximum Gasteiger partial charge on any atom is 0.119 e. The molecule has 0 amide bonds. The van der Waals surface area contributed by atoms with Crippen molar-refractivity contribution in [2.24, 2.45) is 0 Å². The highest BCUT2D eigenvalue weighted by Crippen LogP contribution is 2.14. The number of hydrogen-bond acceptors (Lipinski definition) is 3. The Bertz CT molecular complexity index is 496. The van der Waals surface area contributed by atoms with Gasteiger partial charge in [-0.15, -0.1) is 0 Å². The molecule has 2 aromatic rings. The molecule has 1 aromatic heterocycles. The molecule has 0 bridgehead atoms. The molecule has 0 spiro atoms. The fraction of sp³-hybridized carbons (Fsp3) is 0.353. The molecule has 2 rings (SSSR count). The molecule has 1 atom stereocenters. The zero-order valence-corrected chi connectivity index (χ0v) is 12.2. The molecule has 0 radical (unpaired) electrons. The molecule has 1 heterocycles. The fourth-order valence-corrected chi connectivity index (χ4v) is 1.96. The number of nitrogens with zero attached hydrogens (tertiary/aromatic N) is 1. The molecule has 20 heavy (non-hydrogen) atoms. The molecule has 1 aromatic carbocycles. The lowest BCUT2D eigenvalue weighted by atomic mass is 10.1. The molecular formula is C17H22N2O. The van der Waals surface area contributed by atoms with Crippen LogP contribution in [0.25, 0.3) is 0 Å². The molecule has 0 saturated heterocycles. The van der Waals surface area contributed by atoms with E-state index in [1.54, 1.807) is 0 Å². The van der Waals surface area contributed by atoms with E-state index in [2.05, 4.69) is 36.3 Å². The molecule has 0 fully saturated rings. The molecule has 0 unspecified atom stereocenters. The Labute approximate surface area is 121 Å². The van der Waals surface area contributed by atoms with Crippen molar-refractivity contribution in [3.8, 4) is 5.75 Å². The van der Waals surface area contributed by atoms with Crippen LogP contribution in [-0.4, -0.2) is 11.6 Å². The van der Waals surface area contributed by atoms with Crippen molar-refractivity contribution in [3.63, 3.8) is 0 Å². The smallest absolute Gasteiger partial charge is 0.119 e. The molecule has 1 N–H and O–H groups in total. The number of pyridine rings is 1. The predicted octanol–water partition coefficient (Wildman–Crippen LogP) is 3.72. The summed E-state index contributed by atoms with van der Waals surface area (Å²) in [6.45, 7) is 5.89. The fourth-order valence-electron chi connectivity index (χ4n) is 1.96. The second-order valence-electron chi connectivity index (χ2n) is 4.88. The monoisotopic (exact) mass is 270 g/mol. The van der Waals surface area contributed by atoms with Crippen LogP contribution >= 0.6 is 0 Å². The summed E-state index contributed by atoms with van der Waals surface area (Å²) in [6.07, 6.45) is 4.69. The Kier molecular flexibility index (Phi) is 5.56. The van der Waals surface area contributed by atoms with Crippen LogP contribution in [0.1, 0.15) is 37.4 Å². The van der Waals surface area contributed by atoms with E-state index < -0.39 is 0 Å². The van der Waals surface area contributed by atoms with Gasteiger partial charge < -0.3 is 10.1 Å². The van der Waals surface area contributed by atoms with Crippen LogP contribution < -0.4 is 10.1 Å². The third kappa shape index (κ3) is 4.35. The van der Waals surface area contributed by atoms with Gasteiger partial charge in [-0.2, -0.15) is 0 Å². The lowest BCUT2D eigenvalue weighted by Gasteiger charge is -2.14. The third-order valence-electron chi connectivity index (χ3n) is 3.21. The average molecular weight is 270 g/mol. The van der Waals surface area contributed by atoms with Gasteiger partial charge in [0, 0.05) is 25.0 Å². The molecule has 0 aliphatic carbocycles. The van der Waals surface area contributed by atoms with Crippen molar-refractivity contribution < 1.29 is 4.74 Å². The maximum atomic E-state index is 5.58. The standard InChI is InChI=1S/C17H22N2O/c1-3-12-20-17-6-4-15(5-7-17)13-19-14(2)16-8-10-18-11-9-16/h4-11,14,19H,3,12-13H2,1-2H3/t14-/m0/s1. The topological polar surface area (TPSA) is 34.1 Å².